The Hall–Kier alpha value is -1.24. The van der Waals surface area contributed by atoms with Crippen LogP contribution in [0.25, 0.3) is 0 Å². The van der Waals surface area contributed by atoms with Gasteiger partial charge in [-0.15, -0.1) is 0 Å². The highest BCUT2D eigenvalue weighted by atomic mass is 35.5. The van der Waals surface area contributed by atoms with E-state index in [2.05, 4.69) is 22.1 Å². The zero-order chi connectivity index (χ0) is 12.0. The van der Waals surface area contributed by atoms with E-state index in [-0.39, 0.29) is 5.91 Å². The summed E-state index contributed by atoms with van der Waals surface area (Å²) >= 11 is 11.7. The summed E-state index contributed by atoms with van der Waals surface area (Å²) in [6.07, 6.45) is 3.53. The van der Waals surface area contributed by atoms with Crippen molar-refractivity contribution in [2.24, 2.45) is 0 Å². The highest BCUT2D eigenvalue weighted by Crippen LogP contribution is 2.21. The van der Waals surface area contributed by atoms with E-state index in [0.717, 1.165) is 0 Å². The lowest BCUT2D eigenvalue weighted by Gasteiger charge is -1.97. The van der Waals surface area contributed by atoms with E-state index in [9.17, 15) is 4.79 Å². The molecule has 0 aliphatic rings. The Labute approximate surface area is 104 Å². The Morgan fingerprint density at radius 2 is 2.06 bits per heavy atom. The van der Waals surface area contributed by atoms with Gasteiger partial charge < -0.3 is 5.32 Å². The molecule has 1 aromatic heterocycles. The van der Waals surface area contributed by atoms with Gasteiger partial charge >= 0.3 is 0 Å². The van der Waals surface area contributed by atoms with Crippen LogP contribution in [0.4, 0.5) is 0 Å². The lowest BCUT2D eigenvalue weighted by atomic mass is 10.2. The molecular weight excluding hydrogens is 247 g/mol. The fraction of sp³-hybridized carbons (Fsp3) is 0.273. The Bertz CT molecular complexity index is 429. The Morgan fingerprint density at radius 3 is 2.62 bits per heavy atom. The maximum Gasteiger partial charge on any atom is 0.216 e. The largest absolute Gasteiger partial charge is 0.355 e. The molecule has 5 heteroatoms. The molecule has 0 aliphatic heterocycles. The monoisotopic (exact) mass is 256 g/mol. The van der Waals surface area contributed by atoms with Gasteiger partial charge in [0.2, 0.25) is 5.91 Å². The van der Waals surface area contributed by atoms with Crippen LogP contribution in [0.1, 0.15) is 18.9 Å². The second-order valence-electron chi connectivity index (χ2n) is 3.01. The molecular formula is C11H10Cl2N2O. The van der Waals surface area contributed by atoms with Gasteiger partial charge in [0, 0.05) is 32.3 Å². The molecule has 0 atom stereocenters. The first kappa shape index (κ1) is 12.8. The molecule has 1 rings (SSSR count). The minimum absolute atomic E-state index is 0.0678. The van der Waals surface area contributed by atoms with Crippen LogP contribution in [0.15, 0.2) is 12.4 Å². The molecule has 0 spiro atoms. The number of carbonyl (C=O) groups is 1. The van der Waals surface area contributed by atoms with Crippen molar-refractivity contribution in [3.05, 3.63) is 28.0 Å². The number of hydrogen-bond donors (Lipinski definition) is 1. The van der Waals surface area contributed by atoms with Crippen LogP contribution >= 0.6 is 23.2 Å². The van der Waals surface area contributed by atoms with E-state index in [4.69, 9.17) is 23.2 Å². The predicted octanol–water partition coefficient (Wildman–Crippen LogP) is 2.27. The molecule has 1 N–H and O–H groups in total. The van der Waals surface area contributed by atoms with Crippen LogP contribution in [0.3, 0.4) is 0 Å². The molecule has 3 nitrogen and oxygen atoms in total. The second kappa shape index (κ2) is 6.37. The highest BCUT2D eigenvalue weighted by Gasteiger charge is 2.01. The maximum atomic E-state index is 10.6. The number of aromatic nitrogens is 1. The third kappa shape index (κ3) is 4.09. The molecule has 1 amide bonds. The number of carbonyl (C=O) groups excluding carboxylic acids is 1. The van der Waals surface area contributed by atoms with Gasteiger partial charge in [0.25, 0.3) is 0 Å². The van der Waals surface area contributed by atoms with Crippen molar-refractivity contribution in [1.82, 2.24) is 10.3 Å². The molecule has 84 valence electrons. The van der Waals surface area contributed by atoms with Gasteiger partial charge in [-0.3, -0.25) is 9.78 Å². The number of pyridine rings is 1. The van der Waals surface area contributed by atoms with Gasteiger partial charge in [-0.05, 0) is 0 Å². The fourth-order valence-corrected chi connectivity index (χ4v) is 1.44. The van der Waals surface area contributed by atoms with Gasteiger partial charge in [0.05, 0.1) is 15.6 Å². The summed E-state index contributed by atoms with van der Waals surface area (Å²) in [5.41, 5.74) is 0.571. The Balaban J connectivity index is 2.60. The van der Waals surface area contributed by atoms with Gasteiger partial charge in [-0.1, -0.05) is 35.0 Å². The van der Waals surface area contributed by atoms with Gasteiger partial charge in [0.15, 0.2) is 0 Å². The molecule has 0 saturated carbocycles. The fourth-order valence-electron chi connectivity index (χ4n) is 0.983. The number of amides is 1. The Morgan fingerprint density at radius 1 is 1.44 bits per heavy atom. The van der Waals surface area contributed by atoms with Crippen molar-refractivity contribution in [3.8, 4) is 11.8 Å². The lowest BCUT2D eigenvalue weighted by Crippen LogP contribution is -2.20. The number of hydrogen-bond acceptors (Lipinski definition) is 2. The molecule has 1 aromatic rings. The van der Waals surface area contributed by atoms with Crippen LogP contribution in [0.5, 0.6) is 0 Å². The van der Waals surface area contributed by atoms with Crippen molar-refractivity contribution in [2.45, 2.75) is 13.3 Å². The van der Waals surface area contributed by atoms with E-state index in [1.54, 1.807) is 0 Å². The van der Waals surface area contributed by atoms with E-state index in [0.29, 0.717) is 28.6 Å². The second-order valence-corrected chi connectivity index (χ2v) is 3.83. The topological polar surface area (TPSA) is 42.0 Å². The summed E-state index contributed by atoms with van der Waals surface area (Å²) < 4.78 is 0. The number of halogens is 2. The van der Waals surface area contributed by atoms with Crippen LogP contribution in [0, 0.1) is 11.8 Å². The quantitative estimate of drug-likeness (QED) is 0.652. The zero-order valence-electron chi connectivity index (χ0n) is 8.68. The maximum absolute atomic E-state index is 10.6. The van der Waals surface area contributed by atoms with Crippen LogP contribution in [-0.4, -0.2) is 17.4 Å². The standard InChI is InChI=1S/C11H10Cl2N2O/c1-8(16)15-5-3-2-4-9-10(12)6-14-7-11(9)13/h6-7H,3,5H2,1H3,(H,15,16). The number of nitrogens with zero attached hydrogens (tertiary/aromatic N) is 1. The number of nitrogens with one attached hydrogen (secondary N) is 1. The molecule has 0 radical (unpaired) electrons. The van der Waals surface area contributed by atoms with E-state index in [1.165, 1.54) is 19.3 Å². The van der Waals surface area contributed by atoms with Gasteiger partial charge in [-0.2, -0.15) is 0 Å². The van der Waals surface area contributed by atoms with Crippen molar-refractivity contribution < 1.29 is 4.79 Å². The molecule has 0 saturated heterocycles. The first-order valence-corrected chi connectivity index (χ1v) is 5.39. The van der Waals surface area contributed by atoms with Crippen molar-refractivity contribution in [2.75, 3.05) is 6.54 Å². The van der Waals surface area contributed by atoms with Gasteiger partial charge in [0.1, 0.15) is 0 Å². The average Bonchev–Trinajstić information content (AvgIpc) is 2.21. The summed E-state index contributed by atoms with van der Waals surface area (Å²) in [6.45, 7) is 1.98. The van der Waals surface area contributed by atoms with Crippen molar-refractivity contribution >= 4 is 29.1 Å². The first-order chi connectivity index (χ1) is 7.61. The molecule has 0 unspecified atom stereocenters. The lowest BCUT2D eigenvalue weighted by molar-refractivity contribution is -0.118. The normalized spacial score (nSPS) is 9.19. The number of rotatable bonds is 2. The third-order valence-electron chi connectivity index (χ3n) is 1.69. The molecule has 0 fully saturated rings. The Kier molecular flexibility index (Phi) is 5.10. The van der Waals surface area contributed by atoms with Crippen LogP contribution in [-0.2, 0) is 4.79 Å². The van der Waals surface area contributed by atoms with Crippen LogP contribution in [0.2, 0.25) is 10.0 Å². The zero-order valence-corrected chi connectivity index (χ0v) is 10.2. The van der Waals surface area contributed by atoms with E-state index in [1.807, 2.05) is 0 Å². The summed E-state index contributed by atoms with van der Waals surface area (Å²) in [4.78, 5) is 14.4. The first-order valence-electron chi connectivity index (χ1n) is 4.63. The van der Waals surface area contributed by atoms with Gasteiger partial charge in [-0.25, -0.2) is 0 Å². The van der Waals surface area contributed by atoms with Crippen LogP contribution < -0.4 is 5.32 Å². The van der Waals surface area contributed by atoms with E-state index >= 15 is 0 Å². The predicted molar refractivity (Wildman–Crippen MR) is 64.4 cm³/mol. The summed E-state index contributed by atoms with van der Waals surface area (Å²) in [6, 6.07) is 0. The molecule has 16 heavy (non-hydrogen) atoms. The van der Waals surface area contributed by atoms with Crippen molar-refractivity contribution in [3.63, 3.8) is 0 Å². The molecule has 0 aromatic carbocycles. The minimum atomic E-state index is -0.0678. The SMILES string of the molecule is CC(=O)NCCC#Cc1c(Cl)cncc1Cl. The smallest absolute Gasteiger partial charge is 0.216 e. The summed E-state index contributed by atoms with van der Waals surface area (Å²) in [5, 5.41) is 3.50. The highest BCUT2D eigenvalue weighted by molar-refractivity contribution is 6.36. The average molecular weight is 257 g/mol. The summed E-state index contributed by atoms with van der Waals surface area (Å²) in [7, 11) is 0. The third-order valence-corrected chi connectivity index (χ3v) is 2.26. The molecule has 0 bridgehead atoms. The molecule has 0 aliphatic carbocycles. The van der Waals surface area contributed by atoms with Crippen molar-refractivity contribution in [1.29, 1.82) is 0 Å². The molecule has 1 heterocycles. The van der Waals surface area contributed by atoms with E-state index < -0.39 is 0 Å². The minimum Gasteiger partial charge on any atom is -0.355 e. The summed E-state index contributed by atoms with van der Waals surface area (Å²) in [5.74, 6) is 5.66.